The lowest BCUT2D eigenvalue weighted by molar-refractivity contribution is -0.150. The lowest BCUT2D eigenvalue weighted by atomic mass is 10.0. The van der Waals surface area contributed by atoms with Crippen LogP contribution >= 0.6 is 0 Å². The Morgan fingerprint density at radius 1 is 1.08 bits per heavy atom. The fourth-order valence-electron chi connectivity index (χ4n) is 4.19. The number of ether oxygens (including phenoxy) is 2. The number of hydrogen-bond acceptors (Lipinski definition) is 6. The van der Waals surface area contributed by atoms with Crippen LogP contribution in [0.2, 0.25) is 0 Å². The van der Waals surface area contributed by atoms with Crippen LogP contribution in [-0.2, 0) is 14.3 Å². The molecule has 1 unspecified atom stereocenters. The topological polar surface area (TPSA) is 45.2 Å². The van der Waals surface area contributed by atoms with E-state index in [1.165, 1.54) is 12.8 Å². The Morgan fingerprint density at radius 2 is 1.83 bits per heavy atom. The molecule has 0 saturated carbocycles. The number of likely N-dealkylation sites (tertiary alicyclic amines) is 2. The van der Waals surface area contributed by atoms with E-state index in [-0.39, 0.29) is 12.0 Å². The molecule has 0 aromatic carbocycles. The molecule has 0 radical (unpaired) electrons. The van der Waals surface area contributed by atoms with Gasteiger partial charge in [-0.1, -0.05) is 0 Å². The van der Waals surface area contributed by atoms with Gasteiger partial charge in [0, 0.05) is 25.7 Å². The summed E-state index contributed by atoms with van der Waals surface area (Å²) < 4.78 is 11.0. The highest BCUT2D eigenvalue weighted by molar-refractivity contribution is 5.76. The van der Waals surface area contributed by atoms with Crippen LogP contribution in [0.25, 0.3) is 0 Å². The lowest BCUT2D eigenvalue weighted by Gasteiger charge is -2.37. The third-order valence-electron chi connectivity index (χ3n) is 5.69. The maximum Gasteiger partial charge on any atom is 0.323 e. The number of rotatable bonds is 6. The van der Waals surface area contributed by atoms with Crippen molar-refractivity contribution in [1.29, 1.82) is 0 Å². The van der Waals surface area contributed by atoms with E-state index in [2.05, 4.69) is 21.7 Å². The van der Waals surface area contributed by atoms with E-state index < -0.39 is 0 Å². The minimum Gasteiger partial charge on any atom is -0.464 e. The molecule has 6 heteroatoms. The molecule has 0 bridgehead atoms. The molecule has 0 amide bonds. The van der Waals surface area contributed by atoms with Gasteiger partial charge in [0.1, 0.15) is 6.04 Å². The summed E-state index contributed by atoms with van der Waals surface area (Å²) in [6.45, 7) is 8.54. The van der Waals surface area contributed by atoms with Crippen molar-refractivity contribution in [3.63, 3.8) is 0 Å². The highest BCUT2D eigenvalue weighted by Crippen LogP contribution is 2.26. The van der Waals surface area contributed by atoms with Gasteiger partial charge in [-0.05, 0) is 58.8 Å². The third kappa shape index (κ3) is 4.91. The minimum absolute atomic E-state index is 0.00166. The summed E-state index contributed by atoms with van der Waals surface area (Å²) in [4.78, 5) is 19.7. The molecule has 3 rings (SSSR count). The summed E-state index contributed by atoms with van der Waals surface area (Å²) in [7, 11) is 2.18. The zero-order chi connectivity index (χ0) is 16.8. The Balaban J connectivity index is 1.37. The number of morpholine rings is 1. The molecule has 24 heavy (non-hydrogen) atoms. The van der Waals surface area contributed by atoms with Crippen molar-refractivity contribution in [2.24, 2.45) is 0 Å². The van der Waals surface area contributed by atoms with E-state index in [4.69, 9.17) is 9.47 Å². The van der Waals surface area contributed by atoms with Gasteiger partial charge in [-0.3, -0.25) is 14.6 Å². The Labute approximate surface area is 146 Å². The molecule has 138 valence electrons. The van der Waals surface area contributed by atoms with Crippen molar-refractivity contribution in [2.75, 3.05) is 66.1 Å². The van der Waals surface area contributed by atoms with Gasteiger partial charge in [0.2, 0.25) is 0 Å². The standard InChI is InChI=1S/C18H33N3O3/c1-19-9-5-16(6-10-19)21-8-2-4-17(21)18(22)24-13-3-7-20-11-14-23-15-12-20/h16-17H,2-15H2,1H3. The molecule has 3 heterocycles. The Kier molecular flexibility index (Phi) is 6.89. The SMILES string of the molecule is CN1CCC(N2CCCC2C(=O)OCCCN2CCOCC2)CC1. The lowest BCUT2D eigenvalue weighted by Crippen LogP contribution is -2.48. The van der Waals surface area contributed by atoms with E-state index in [1.54, 1.807) is 0 Å². The molecule has 1 atom stereocenters. The number of piperidine rings is 1. The van der Waals surface area contributed by atoms with Crippen molar-refractivity contribution in [3.8, 4) is 0 Å². The summed E-state index contributed by atoms with van der Waals surface area (Å²) in [5.41, 5.74) is 0. The average Bonchev–Trinajstić information content (AvgIpc) is 3.10. The predicted molar refractivity (Wildman–Crippen MR) is 93.1 cm³/mol. The van der Waals surface area contributed by atoms with E-state index in [0.29, 0.717) is 12.6 Å². The van der Waals surface area contributed by atoms with Crippen LogP contribution in [0.15, 0.2) is 0 Å². The Hall–Kier alpha value is -0.690. The van der Waals surface area contributed by atoms with Crippen LogP contribution in [0.1, 0.15) is 32.1 Å². The fraction of sp³-hybridized carbons (Fsp3) is 0.944. The summed E-state index contributed by atoms with van der Waals surface area (Å²) >= 11 is 0. The minimum atomic E-state index is 0.00166. The molecule has 3 fully saturated rings. The van der Waals surface area contributed by atoms with Gasteiger partial charge < -0.3 is 14.4 Å². The summed E-state index contributed by atoms with van der Waals surface area (Å²) in [5, 5.41) is 0. The average molecular weight is 339 g/mol. The molecule has 0 spiro atoms. The van der Waals surface area contributed by atoms with Crippen LogP contribution in [0.5, 0.6) is 0 Å². The van der Waals surface area contributed by atoms with Gasteiger partial charge >= 0.3 is 5.97 Å². The van der Waals surface area contributed by atoms with E-state index >= 15 is 0 Å². The Bertz CT molecular complexity index is 393. The van der Waals surface area contributed by atoms with Crippen LogP contribution in [0.3, 0.4) is 0 Å². The first kappa shape index (κ1) is 18.1. The Morgan fingerprint density at radius 3 is 2.58 bits per heavy atom. The van der Waals surface area contributed by atoms with Crippen LogP contribution in [0, 0.1) is 0 Å². The van der Waals surface area contributed by atoms with Gasteiger partial charge in [0.05, 0.1) is 19.8 Å². The van der Waals surface area contributed by atoms with Gasteiger partial charge in [-0.2, -0.15) is 0 Å². The zero-order valence-electron chi connectivity index (χ0n) is 15.1. The maximum atomic E-state index is 12.5. The van der Waals surface area contributed by atoms with E-state index in [9.17, 15) is 4.79 Å². The summed E-state index contributed by atoms with van der Waals surface area (Å²) in [5.74, 6) is 0.00778. The first-order valence-corrected chi connectivity index (χ1v) is 9.65. The first-order valence-electron chi connectivity index (χ1n) is 9.65. The van der Waals surface area contributed by atoms with Crippen molar-refractivity contribution < 1.29 is 14.3 Å². The molecular weight excluding hydrogens is 306 g/mol. The molecule has 3 saturated heterocycles. The monoisotopic (exact) mass is 339 g/mol. The quantitative estimate of drug-likeness (QED) is 0.527. The highest BCUT2D eigenvalue weighted by atomic mass is 16.5. The van der Waals surface area contributed by atoms with Crippen LogP contribution in [-0.4, -0.2) is 98.9 Å². The van der Waals surface area contributed by atoms with Crippen molar-refractivity contribution in [3.05, 3.63) is 0 Å². The first-order chi connectivity index (χ1) is 11.7. The smallest absolute Gasteiger partial charge is 0.323 e. The van der Waals surface area contributed by atoms with Crippen LogP contribution in [0.4, 0.5) is 0 Å². The summed E-state index contributed by atoms with van der Waals surface area (Å²) in [6.07, 6.45) is 5.37. The fourth-order valence-corrected chi connectivity index (χ4v) is 4.19. The second-order valence-electron chi connectivity index (χ2n) is 7.41. The van der Waals surface area contributed by atoms with Gasteiger partial charge in [-0.15, -0.1) is 0 Å². The van der Waals surface area contributed by atoms with Gasteiger partial charge in [0.25, 0.3) is 0 Å². The highest BCUT2D eigenvalue weighted by Gasteiger charge is 2.37. The van der Waals surface area contributed by atoms with Crippen LogP contribution < -0.4 is 0 Å². The zero-order valence-corrected chi connectivity index (χ0v) is 15.1. The number of carbonyl (C=O) groups excluding carboxylic acids is 1. The second kappa shape index (κ2) is 9.13. The number of esters is 1. The van der Waals surface area contributed by atoms with Gasteiger partial charge in [-0.25, -0.2) is 0 Å². The number of hydrogen-bond donors (Lipinski definition) is 0. The largest absolute Gasteiger partial charge is 0.464 e. The number of nitrogens with zero attached hydrogens (tertiary/aromatic N) is 3. The molecule has 3 aliphatic heterocycles. The molecule has 0 aromatic heterocycles. The molecule has 0 aromatic rings. The second-order valence-corrected chi connectivity index (χ2v) is 7.41. The molecular formula is C18H33N3O3. The number of carbonyl (C=O) groups is 1. The van der Waals surface area contributed by atoms with Crippen molar-refractivity contribution >= 4 is 5.97 Å². The normalized spacial score (nSPS) is 28.3. The maximum absolute atomic E-state index is 12.5. The molecule has 0 aliphatic carbocycles. The third-order valence-corrected chi connectivity index (χ3v) is 5.69. The molecule has 3 aliphatic rings. The van der Waals surface area contributed by atoms with E-state index in [1.807, 2.05) is 0 Å². The van der Waals surface area contributed by atoms with Crippen molar-refractivity contribution in [1.82, 2.24) is 14.7 Å². The molecule has 6 nitrogen and oxygen atoms in total. The molecule has 0 N–H and O–H groups in total. The summed E-state index contributed by atoms with van der Waals surface area (Å²) in [6, 6.07) is 0.566. The van der Waals surface area contributed by atoms with Gasteiger partial charge in [0.15, 0.2) is 0 Å². The van der Waals surface area contributed by atoms with Crippen molar-refractivity contribution in [2.45, 2.75) is 44.2 Å². The predicted octanol–water partition coefficient (Wildman–Crippen LogP) is 0.811. The van der Waals surface area contributed by atoms with E-state index in [0.717, 1.165) is 71.7 Å².